The Morgan fingerprint density at radius 2 is 2.14 bits per heavy atom. The van der Waals surface area contributed by atoms with Crippen molar-refractivity contribution >= 4 is 5.91 Å². The Morgan fingerprint density at radius 3 is 2.93 bits per heavy atom. The van der Waals surface area contributed by atoms with Crippen LogP contribution >= 0.6 is 0 Å². The third-order valence-electron chi connectivity index (χ3n) is 5.04. The van der Waals surface area contributed by atoms with Crippen LogP contribution in [-0.2, 0) is 13.6 Å². The molecule has 8 nitrogen and oxygen atoms in total. The third-order valence-corrected chi connectivity index (χ3v) is 5.04. The number of aromatic amines is 1. The molecule has 0 bridgehead atoms. The van der Waals surface area contributed by atoms with E-state index in [0.29, 0.717) is 24.5 Å². The molecular formula is C20H18N6O2. The first-order valence-electron chi connectivity index (χ1n) is 9.01. The van der Waals surface area contributed by atoms with Crippen molar-refractivity contribution in [1.82, 2.24) is 29.8 Å². The third kappa shape index (κ3) is 2.79. The molecule has 1 aliphatic rings. The van der Waals surface area contributed by atoms with Gasteiger partial charge in [0.05, 0.1) is 30.5 Å². The van der Waals surface area contributed by atoms with E-state index in [0.717, 1.165) is 22.5 Å². The second-order valence-corrected chi connectivity index (χ2v) is 6.89. The van der Waals surface area contributed by atoms with Crippen molar-refractivity contribution in [3.8, 4) is 11.3 Å². The van der Waals surface area contributed by atoms with E-state index >= 15 is 0 Å². The van der Waals surface area contributed by atoms with Crippen LogP contribution in [0, 0.1) is 0 Å². The highest BCUT2D eigenvalue weighted by Gasteiger charge is 2.33. The fourth-order valence-corrected chi connectivity index (χ4v) is 3.64. The highest BCUT2D eigenvalue weighted by atomic mass is 16.5. The van der Waals surface area contributed by atoms with Crippen LogP contribution in [0.25, 0.3) is 11.3 Å². The highest BCUT2D eigenvalue weighted by Crippen LogP contribution is 2.32. The van der Waals surface area contributed by atoms with E-state index in [4.69, 9.17) is 4.52 Å². The van der Waals surface area contributed by atoms with Crippen LogP contribution in [0.5, 0.6) is 0 Å². The van der Waals surface area contributed by atoms with Gasteiger partial charge in [-0.1, -0.05) is 35.5 Å². The summed E-state index contributed by atoms with van der Waals surface area (Å²) in [6.07, 6.45) is 5.45. The monoisotopic (exact) mass is 374 g/mol. The maximum Gasteiger partial charge on any atom is 0.276 e. The molecule has 0 aliphatic carbocycles. The number of aryl methyl sites for hydroxylation is 1. The molecule has 3 aromatic heterocycles. The average molecular weight is 374 g/mol. The highest BCUT2D eigenvalue weighted by molar-refractivity contribution is 5.93. The largest absolute Gasteiger partial charge is 0.355 e. The van der Waals surface area contributed by atoms with Crippen LogP contribution in [0.15, 0.2) is 59.6 Å². The topological polar surface area (TPSA) is 92.8 Å². The molecule has 5 rings (SSSR count). The number of nitrogens with zero attached hydrogens (tertiary/aromatic N) is 5. The van der Waals surface area contributed by atoms with E-state index in [-0.39, 0.29) is 11.8 Å². The number of fused-ring (bicyclic) bond motifs is 1. The quantitative estimate of drug-likeness (QED) is 0.595. The minimum absolute atomic E-state index is 0.0341. The summed E-state index contributed by atoms with van der Waals surface area (Å²) in [5.74, 6) is 0.375. The molecule has 0 saturated carbocycles. The number of rotatable bonds is 3. The Hall–Kier alpha value is -3.68. The fraction of sp³-hybridized carbons (Fsp3) is 0.200. The Kier molecular flexibility index (Phi) is 3.82. The van der Waals surface area contributed by atoms with Gasteiger partial charge in [0, 0.05) is 42.9 Å². The zero-order valence-electron chi connectivity index (χ0n) is 15.2. The molecule has 0 fully saturated rings. The number of hydrogen-bond donors (Lipinski definition) is 1. The van der Waals surface area contributed by atoms with Gasteiger partial charge in [-0.2, -0.15) is 5.10 Å². The van der Waals surface area contributed by atoms with Gasteiger partial charge in [0.1, 0.15) is 0 Å². The lowest BCUT2D eigenvalue weighted by Gasteiger charge is -2.31. The molecule has 1 unspecified atom stereocenters. The van der Waals surface area contributed by atoms with Crippen LogP contribution < -0.4 is 0 Å². The number of aromatic nitrogens is 5. The van der Waals surface area contributed by atoms with Crippen molar-refractivity contribution in [2.75, 3.05) is 6.54 Å². The first-order valence-corrected chi connectivity index (χ1v) is 9.01. The number of amides is 1. The van der Waals surface area contributed by atoms with Gasteiger partial charge in [0.15, 0.2) is 11.5 Å². The lowest BCUT2D eigenvalue weighted by Crippen LogP contribution is -2.38. The fourth-order valence-electron chi connectivity index (χ4n) is 3.64. The van der Waals surface area contributed by atoms with Crippen LogP contribution in [0.2, 0.25) is 0 Å². The minimum atomic E-state index is -0.167. The van der Waals surface area contributed by atoms with Crippen molar-refractivity contribution in [2.45, 2.75) is 12.5 Å². The van der Waals surface area contributed by atoms with E-state index in [9.17, 15) is 4.79 Å². The van der Waals surface area contributed by atoms with Gasteiger partial charge in [-0.05, 0) is 0 Å². The van der Waals surface area contributed by atoms with E-state index in [1.807, 2.05) is 49.8 Å². The van der Waals surface area contributed by atoms with Crippen molar-refractivity contribution in [1.29, 1.82) is 0 Å². The van der Waals surface area contributed by atoms with Crippen molar-refractivity contribution < 1.29 is 9.32 Å². The number of benzene rings is 1. The maximum absolute atomic E-state index is 13.1. The molecule has 1 aromatic carbocycles. The summed E-state index contributed by atoms with van der Waals surface area (Å²) in [6, 6.07) is 11.3. The standard InChI is InChI=1S/C20H18N6O2/c1-25-9-14(8-23-25)15-10-26(11-17-19(15)22-12-21-17)20(27)16-7-18(28-24-16)13-5-3-2-4-6-13/h2-9,12,15H,10-11H2,1H3,(H,21,22). The minimum Gasteiger partial charge on any atom is -0.355 e. The summed E-state index contributed by atoms with van der Waals surface area (Å²) in [5, 5.41) is 8.27. The molecule has 0 spiro atoms. The number of imidazole rings is 1. The molecular weight excluding hydrogens is 356 g/mol. The van der Waals surface area contributed by atoms with Crippen molar-refractivity contribution in [3.63, 3.8) is 0 Å². The van der Waals surface area contributed by atoms with Crippen LogP contribution in [0.3, 0.4) is 0 Å². The number of carbonyl (C=O) groups is 1. The zero-order chi connectivity index (χ0) is 19.1. The smallest absolute Gasteiger partial charge is 0.276 e. The number of hydrogen-bond acceptors (Lipinski definition) is 5. The van der Waals surface area contributed by atoms with Gasteiger partial charge in [-0.25, -0.2) is 4.98 Å². The van der Waals surface area contributed by atoms with Crippen LogP contribution in [-0.4, -0.2) is 42.3 Å². The first kappa shape index (κ1) is 16.5. The Balaban J connectivity index is 1.44. The molecule has 4 aromatic rings. The summed E-state index contributed by atoms with van der Waals surface area (Å²) in [6.45, 7) is 0.967. The first-order chi connectivity index (χ1) is 13.7. The number of H-pyrrole nitrogens is 1. The molecule has 4 heterocycles. The van der Waals surface area contributed by atoms with E-state index in [1.54, 1.807) is 22.0 Å². The van der Waals surface area contributed by atoms with Crippen molar-refractivity contribution in [2.24, 2.45) is 7.05 Å². The summed E-state index contributed by atoms with van der Waals surface area (Å²) in [7, 11) is 1.88. The predicted molar refractivity (Wildman–Crippen MR) is 100 cm³/mol. The van der Waals surface area contributed by atoms with Crippen LogP contribution in [0.1, 0.15) is 33.4 Å². The number of carbonyl (C=O) groups excluding carboxylic acids is 1. The summed E-state index contributed by atoms with van der Waals surface area (Å²) >= 11 is 0. The molecule has 1 N–H and O–H groups in total. The van der Waals surface area contributed by atoms with Crippen molar-refractivity contribution in [3.05, 3.63) is 77.8 Å². The van der Waals surface area contributed by atoms with E-state index in [1.165, 1.54) is 0 Å². The number of nitrogens with one attached hydrogen (secondary N) is 1. The van der Waals surface area contributed by atoms with Gasteiger partial charge in [0.2, 0.25) is 0 Å². The van der Waals surface area contributed by atoms with Gasteiger partial charge in [0.25, 0.3) is 5.91 Å². The molecule has 1 atom stereocenters. The molecule has 1 amide bonds. The summed E-state index contributed by atoms with van der Waals surface area (Å²) in [4.78, 5) is 22.5. The Bertz CT molecular complexity index is 1130. The summed E-state index contributed by atoms with van der Waals surface area (Å²) in [5.41, 5.74) is 4.10. The van der Waals surface area contributed by atoms with Gasteiger partial charge >= 0.3 is 0 Å². The van der Waals surface area contributed by atoms with Gasteiger partial charge in [-0.3, -0.25) is 9.48 Å². The van der Waals surface area contributed by atoms with E-state index < -0.39 is 0 Å². The Labute approximate surface area is 160 Å². The second kappa shape index (κ2) is 6.49. The average Bonchev–Trinajstić information content (AvgIpc) is 3.47. The van der Waals surface area contributed by atoms with Gasteiger partial charge in [-0.15, -0.1) is 0 Å². The van der Waals surface area contributed by atoms with Crippen LogP contribution in [0.4, 0.5) is 0 Å². The SMILES string of the molecule is Cn1cc(C2CN(C(=O)c3cc(-c4ccccc4)on3)Cc3[nH]cnc32)cn1. The molecule has 1 aliphatic heterocycles. The predicted octanol–water partition coefficient (Wildman–Crippen LogP) is 2.59. The lowest BCUT2D eigenvalue weighted by atomic mass is 9.93. The van der Waals surface area contributed by atoms with Gasteiger partial charge < -0.3 is 14.4 Å². The molecule has 28 heavy (non-hydrogen) atoms. The Morgan fingerprint density at radius 1 is 1.29 bits per heavy atom. The second-order valence-electron chi connectivity index (χ2n) is 6.89. The van der Waals surface area contributed by atoms with E-state index in [2.05, 4.69) is 20.2 Å². The lowest BCUT2D eigenvalue weighted by molar-refractivity contribution is 0.0711. The maximum atomic E-state index is 13.1. The zero-order valence-corrected chi connectivity index (χ0v) is 15.2. The molecule has 140 valence electrons. The normalized spacial score (nSPS) is 16.2. The molecule has 0 saturated heterocycles. The summed E-state index contributed by atoms with van der Waals surface area (Å²) < 4.78 is 7.16. The molecule has 0 radical (unpaired) electrons. The molecule has 8 heteroatoms.